The number of halogens is 1. The minimum Gasteiger partial charge on any atom is -0.240 e. The molecular formula is C7H7ClN2. The summed E-state index contributed by atoms with van der Waals surface area (Å²) in [6.07, 6.45) is 5.79. The first-order valence-corrected chi connectivity index (χ1v) is 3.71. The molecule has 1 fully saturated rings. The van der Waals surface area contributed by atoms with Crippen molar-refractivity contribution in [2.75, 3.05) is 0 Å². The lowest BCUT2D eigenvalue weighted by Gasteiger charge is -1.93. The lowest BCUT2D eigenvalue weighted by Crippen LogP contribution is -1.89. The van der Waals surface area contributed by atoms with Gasteiger partial charge in [-0.15, -0.1) is 0 Å². The highest BCUT2D eigenvalue weighted by molar-refractivity contribution is 6.30. The maximum atomic E-state index is 5.61. The van der Waals surface area contributed by atoms with E-state index in [1.165, 1.54) is 12.8 Å². The van der Waals surface area contributed by atoms with Gasteiger partial charge < -0.3 is 0 Å². The second-order valence-corrected chi connectivity index (χ2v) is 2.97. The summed E-state index contributed by atoms with van der Waals surface area (Å²) in [6, 6.07) is 0. The molecule has 0 aromatic carbocycles. The molecule has 1 aromatic heterocycles. The van der Waals surface area contributed by atoms with Crippen molar-refractivity contribution in [2.45, 2.75) is 18.8 Å². The molecule has 52 valence electrons. The van der Waals surface area contributed by atoms with Crippen LogP contribution in [-0.4, -0.2) is 9.97 Å². The van der Waals surface area contributed by atoms with Crippen LogP contribution in [0.15, 0.2) is 12.4 Å². The molecule has 0 spiro atoms. The molecule has 1 aromatic rings. The van der Waals surface area contributed by atoms with Crippen LogP contribution in [0.4, 0.5) is 0 Å². The predicted molar refractivity (Wildman–Crippen MR) is 39.0 cm³/mol. The summed E-state index contributed by atoms with van der Waals surface area (Å²) in [5.41, 5.74) is 0. The van der Waals surface area contributed by atoms with E-state index in [1.54, 1.807) is 12.4 Å². The largest absolute Gasteiger partial charge is 0.240 e. The third kappa shape index (κ3) is 1.12. The summed E-state index contributed by atoms with van der Waals surface area (Å²) in [6.45, 7) is 0. The molecule has 0 unspecified atom stereocenters. The van der Waals surface area contributed by atoms with Crippen molar-refractivity contribution in [3.8, 4) is 0 Å². The Morgan fingerprint density at radius 2 is 1.90 bits per heavy atom. The zero-order valence-corrected chi connectivity index (χ0v) is 6.17. The van der Waals surface area contributed by atoms with E-state index in [0.29, 0.717) is 10.9 Å². The fraction of sp³-hybridized carbons (Fsp3) is 0.429. The zero-order valence-electron chi connectivity index (χ0n) is 5.42. The molecular weight excluding hydrogens is 148 g/mol. The average molecular weight is 155 g/mol. The molecule has 1 aliphatic rings. The van der Waals surface area contributed by atoms with Crippen LogP contribution in [0, 0.1) is 0 Å². The maximum absolute atomic E-state index is 5.61. The van der Waals surface area contributed by atoms with E-state index in [4.69, 9.17) is 11.6 Å². The molecule has 0 atom stereocenters. The van der Waals surface area contributed by atoms with Gasteiger partial charge in [0.1, 0.15) is 5.82 Å². The van der Waals surface area contributed by atoms with E-state index < -0.39 is 0 Å². The number of rotatable bonds is 1. The van der Waals surface area contributed by atoms with E-state index in [9.17, 15) is 0 Å². The Bertz CT molecular complexity index is 228. The van der Waals surface area contributed by atoms with Gasteiger partial charge in [0.05, 0.1) is 5.02 Å². The molecule has 1 aliphatic carbocycles. The monoisotopic (exact) mass is 154 g/mol. The Labute approximate surface area is 64.3 Å². The lowest BCUT2D eigenvalue weighted by molar-refractivity contribution is 0.927. The highest BCUT2D eigenvalue weighted by Crippen LogP contribution is 2.37. The Morgan fingerprint density at radius 1 is 1.30 bits per heavy atom. The molecule has 1 heterocycles. The van der Waals surface area contributed by atoms with Crippen LogP contribution >= 0.6 is 11.6 Å². The Balaban J connectivity index is 2.28. The van der Waals surface area contributed by atoms with Gasteiger partial charge in [0.2, 0.25) is 0 Å². The van der Waals surface area contributed by atoms with Crippen LogP contribution < -0.4 is 0 Å². The maximum Gasteiger partial charge on any atom is 0.131 e. The summed E-state index contributed by atoms with van der Waals surface area (Å²) in [4.78, 5) is 8.19. The van der Waals surface area contributed by atoms with Crippen LogP contribution in [0.25, 0.3) is 0 Å². The summed E-state index contributed by atoms with van der Waals surface area (Å²) in [5.74, 6) is 1.57. The van der Waals surface area contributed by atoms with Crippen molar-refractivity contribution in [3.63, 3.8) is 0 Å². The van der Waals surface area contributed by atoms with E-state index in [0.717, 1.165) is 5.82 Å². The quantitative estimate of drug-likeness (QED) is 0.619. The highest BCUT2D eigenvalue weighted by atomic mass is 35.5. The smallest absolute Gasteiger partial charge is 0.131 e. The standard InChI is InChI=1S/C7H7ClN2/c8-6-3-9-7(10-4-6)5-1-2-5/h3-5H,1-2H2. The molecule has 0 bridgehead atoms. The molecule has 0 amide bonds. The van der Waals surface area contributed by atoms with Crippen molar-refractivity contribution >= 4 is 11.6 Å². The zero-order chi connectivity index (χ0) is 6.97. The Kier molecular flexibility index (Phi) is 1.34. The molecule has 2 rings (SSSR count). The number of hydrogen-bond acceptors (Lipinski definition) is 2. The topological polar surface area (TPSA) is 25.8 Å². The molecule has 0 saturated heterocycles. The van der Waals surface area contributed by atoms with E-state index >= 15 is 0 Å². The van der Waals surface area contributed by atoms with Crippen molar-refractivity contribution in [3.05, 3.63) is 23.2 Å². The first kappa shape index (κ1) is 6.10. The summed E-state index contributed by atoms with van der Waals surface area (Å²) >= 11 is 5.61. The Hall–Kier alpha value is -0.630. The second kappa shape index (κ2) is 2.20. The molecule has 1 saturated carbocycles. The van der Waals surface area contributed by atoms with Gasteiger partial charge in [-0.2, -0.15) is 0 Å². The number of aromatic nitrogens is 2. The fourth-order valence-corrected chi connectivity index (χ4v) is 0.972. The SMILES string of the molecule is Clc1cnc(C2CC2)nc1. The highest BCUT2D eigenvalue weighted by Gasteiger charge is 2.25. The molecule has 0 aliphatic heterocycles. The van der Waals surface area contributed by atoms with E-state index in [2.05, 4.69) is 9.97 Å². The first-order valence-electron chi connectivity index (χ1n) is 3.34. The van der Waals surface area contributed by atoms with Gasteiger partial charge in [0.15, 0.2) is 0 Å². The van der Waals surface area contributed by atoms with Crippen LogP contribution in [-0.2, 0) is 0 Å². The predicted octanol–water partition coefficient (Wildman–Crippen LogP) is 2.01. The molecule has 0 radical (unpaired) electrons. The average Bonchev–Trinajstić information content (AvgIpc) is 2.71. The third-order valence-corrected chi connectivity index (χ3v) is 1.78. The number of nitrogens with zero attached hydrogens (tertiary/aromatic N) is 2. The van der Waals surface area contributed by atoms with Crippen LogP contribution in [0.5, 0.6) is 0 Å². The Morgan fingerprint density at radius 3 is 2.40 bits per heavy atom. The number of hydrogen-bond donors (Lipinski definition) is 0. The summed E-state index contributed by atoms with van der Waals surface area (Å²) in [5, 5.41) is 0.615. The fourth-order valence-electron chi connectivity index (χ4n) is 0.875. The minimum atomic E-state index is 0.615. The molecule has 3 heteroatoms. The van der Waals surface area contributed by atoms with Crippen molar-refractivity contribution in [1.29, 1.82) is 0 Å². The van der Waals surface area contributed by atoms with Gasteiger partial charge >= 0.3 is 0 Å². The second-order valence-electron chi connectivity index (χ2n) is 2.53. The van der Waals surface area contributed by atoms with Crippen molar-refractivity contribution < 1.29 is 0 Å². The minimum absolute atomic E-state index is 0.615. The van der Waals surface area contributed by atoms with Crippen LogP contribution in [0.2, 0.25) is 5.02 Å². The summed E-state index contributed by atoms with van der Waals surface area (Å²) in [7, 11) is 0. The van der Waals surface area contributed by atoms with Gasteiger partial charge in [-0.1, -0.05) is 11.6 Å². The first-order chi connectivity index (χ1) is 4.86. The van der Waals surface area contributed by atoms with E-state index in [1.807, 2.05) is 0 Å². The molecule has 0 N–H and O–H groups in total. The van der Waals surface area contributed by atoms with Gasteiger partial charge in [-0.3, -0.25) is 0 Å². The van der Waals surface area contributed by atoms with E-state index in [-0.39, 0.29) is 0 Å². The van der Waals surface area contributed by atoms with Gasteiger partial charge in [-0.25, -0.2) is 9.97 Å². The lowest BCUT2D eigenvalue weighted by atomic mass is 10.4. The third-order valence-electron chi connectivity index (χ3n) is 1.58. The van der Waals surface area contributed by atoms with Crippen LogP contribution in [0.3, 0.4) is 0 Å². The normalized spacial score (nSPS) is 17.3. The van der Waals surface area contributed by atoms with Gasteiger partial charge in [-0.05, 0) is 12.8 Å². The molecule has 10 heavy (non-hydrogen) atoms. The van der Waals surface area contributed by atoms with Crippen molar-refractivity contribution in [2.24, 2.45) is 0 Å². The van der Waals surface area contributed by atoms with Gasteiger partial charge in [0.25, 0.3) is 0 Å². The van der Waals surface area contributed by atoms with Crippen molar-refractivity contribution in [1.82, 2.24) is 9.97 Å². The summed E-state index contributed by atoms with van der Waals surface area (Å²) < 4.78 is 0. The van der Waals surface area contributed by atoms with Gasteiger partial charge in [0, 0.05) is 18.3 Å². The molecule has 2 nitrogen and oxygen atoms in total. The van der Waals surface area contributed by atoms with Crippen LogP contribution in [0.1, 0.15) is 24.6 Å².